The van der Waals surface area contributed by atoms with E-state index in [0.29, 0.717) is 6.04 Å². The topological polar surface area (TPSA) is 43.9 Å². The van der Waals surface area contributed by atoms with E-state index in [1.165, 1.54) is 43.4 Å². The van der Waals surface area contributed by atoms with E-state index in [1.807, 2.05) is 25.6 Å². The van der Waals surface area contributed by atoms with Gasteiger partial charge in [-0.25, -0.2) is 4.98 Å². The van der Waals surface area contributed by atoms with Gasteiger partial charge in [0.05, 0.1) is 11.4 Å². The number of hydrogen-bond donors (Lipinski definition) is 0. The molecule has 1 aliphatic rings. The third-order valence-corrected chi connectivity index (χ3v) is 5.80. The van der Waals surface area contributed by atoms with E-state index in [9.17, 15) is 0 Å². The zero-order chi connectivity index (χ0) is 15.7. The molecular weight excluding hydrogens is 294 g/mol. The number of thioether (sulfide) groups is 1. The van der Waals surface area contributed by atoms with Gasteiger partial charge >= 0.3 is 0 Å². The van der Waals surface area contributed by atoms with E-state index < -0.39 is 0 Å². The molecule has 0 radical (unpaired) electrons. The molecule has 0 N–H and O–H groups in total. The van der Waals surface area contributed by atoms with Crippen molar-refractivity contribution in [2.24, 2.45) is 0 Å². The van der Waals surface area contributed by atoms with Gasteiger partial charge in [0.2, 0.25) is 0 Å². The monoisotopic (exact) mass is 319 g/mol. The van der Waals surface area contributed by atoms with Crippen LogP contribution in [0.15, 0.2) is 9.68 Å². The molecule has 5 heteroatoms. The van der Waals surface area contributed by atoms with Crippen LogP contribution in [-0.2, 0) is 5.75 Å². The molecule has 2 aromatic rings. The summed E-state index contributed by atoms with van der Waals surface area (Å²) < 4.78 is 7.75. The fraction of sp³-hybridized carbons (Fsp3) is 0.647. The van der Waals surface area contributed by atoms with Crippen molar-refractivity contribution in [1.29, 1.82) is 0 Å². The number of rotatable bonds is 4. The summed E-state index contributed by atoms with van der Waals surface area (Å²) in [5.41, 5.74) is 4.69. The van der Waals surface area contributed by atoms with E-state index in [2.05, 4.69) is 23.6 Å². The van der Waals surface area contributed by atoms with Crippen molar-refractivity contribution in [3.8, 4) is 0 Å². The van der Waals surface area contributed by atoms with Crippen LogP contribution in [0.2, 0.25) is 0 Å². The minimum absolute atomic E-state index is 0.627. The lowest BCUT2D eigenvalue weighted by atomic mass is 9.95. The highest BCUT2D eigenvalue weighted by Gasteiger charge is 2.22. The van der Waals surface area contributed by atoms with Crippen LogP contribution < -0.4 is 0 Å². The molecule has 1 fully saturated rings. The van der Waals surface area contributed by atoms with E-state index in [0.717, 1.165) is 28.1 Å². The lowest BCUT2D eigenvalue weighted by Gasteiger charge is -2.26. The summed E-state index contributed by atoms with van der Waals surface area (Å²) in [5.74, 6) is 1.80. The molecule has 2 aromatic heterocycles. The Morgan fingerprint density at radius 3 is 2.45 bits per heavy atom. The molecule has 120 valence electrons. The van der Waals surface area contributed by atoms with Crippen molar-refractivity contribution in [1.82, 2.24) is 14.7 Å². The van der Waals surface area contributed by atoms with E-state index in [4.69, 9.17) is 9.51 Å². The largest absolute Gasteiger partial charge is 0.361 e. The molecule has 1 aliphatic carbocycles. The first kappa shape index (κ1) is 15.7. The maximum Gasteiger partial charge on any atom is 0.169 e. The van der Waals surface area contributed by atoms with Crippen LogP contribution in [0.3, 0.4) is 0 Å². The quantitative estimate of drug-likeness (QED) is 0.752. The Bertz CT molecular complexity index is 634. The molecule has 0 bridgehead atoms. The third-order valence-electron chi connectivity index (χ3n) is 4.82. The van der Waals surface area contributed by atoms with Crippen molar-refractivity contribution in [2.75, 3.05) is 0 Å². The second kappa shape index (κ2) is 6.49. The zero-order valence-corrected chi connectivity index (χ0v) is 14.8. The molecule has 3 rings (SSSR count). The molecule has 0 unspecified atom stereocenters. The summed E-state index contributed by atoms with van der Waals surface area (Å²) >= 11 is 1.81. The minimum Gasteiger partial charge on any atom is -0.361 e. The molecule has 4 nitrogen and oxygen atoms in total. The number of aromatic nitrogens is 3. The summed E-state index contributed by atoms with van der Waals surface area (Å²) in [6.07, 6.45) is 6.64. The van der Waals surface area contributed by atoms with Crippen LogP contribution in [-0.4, -0.2) is 14.7 Å². The van der Waals surface area contributed by atoms with E-state index in [-0.39, 0.29) is 0 Å². The summed E-state index contributed by atoms with van der Waals surface area (Å²) in [5, 5.41) is 5.20. The Hall–Kier alpha value is -1.23. The summed E-state index contributed by atoms with van der Waals surface area (Å²) in [6.45, 7) is 8.32. The van der Waals surface area contributed by atoms with Crippen LogP contribution in [0.1, 0.15) is 66.6 Å². The minimum atomic E-state index is 0.627. The lowest BCUT2D eigenvalue weighted by Crippen LogP contribution is -2.15. The van der Waals surface area contributed by atoms with Gasteiger partial charge in [0.25, 0.3) is 0 Å². The third kappa shape index (κ3) is 2.96. The van der Waals surface area contributed by atoms with E-state index in [1.54, 1.807) is 0 Å². The standard InChI is InChI=1S/C17H25N3OS/c1-11-13(3)20(15-8-6-5-7-9-15)17(18-11)22-10-16-12(2)19-21-14(16)4/h15H,5-10H2,1-4H3. The van der Waals surface area contributed by atoms with Gasteiger partial charge in [-0.1, -0.05) is 36.2 Å². The van der Waals surface area contributed by atoms with Gasteiger partial charge in [-0.2, -0.15) is 0 Å². The lowest BCUT2D eigenvalue weighted by molar-refractivity contribution is 0.332. The van der Waals surface area contributed by atoms with Crippen LogP contribution in [0.5, 0.6) is 0 Å². The molecular formula is C17H25N3OS. The second-order valence-corrected chi connectivity index (χ2v) is 7.26. The number of imidazole rings is 1. The normalized spacial score (nSPS) is 16.4. The van der Waals surface area contributed by atoms with Crippen molar-refractivity contribution in [2.45, 2.75) is 76.8 Å². The van der Waals surface area contributed by atoms with Gasteiger partial charge < -0.3 is 9.09 Å². The van der Waals surface area contributed by atoms with Gasteiger partial charge in [0, 0.05) is 23.1 Å². The van der Waals surface area contributed by atoms with E-state index >= 15 is 0 Å². The van der Waals surface area contributed by atoms with Gasteiger partial charge in [0.1, 0.15) is 5.76 Å². The molecule has 0 atom stereocenters. The highest BCUT2D eigenvalue weighted by molar-refractivity contribution is 7.98. The van der Waals surface area contributed by atoms with Gasteiger partial charge in [0.15, 0.2) is 5.16 Å². The van der Waals surface area contributed by atoms with Crippen molar-refractivity contribution >= 4 is 11.8 Å². The first-order chi connectivity index (χ1) is 10.6. The Morgan fingerprint density at radius 2 is 1.82 bits per heavy atom. The molecule has 0 amide bonds. The number of hydrogen-bond acceptors (Lipinski definition) is 4. The second-order valence-electron chi connectivity index (χ2n) is 6.32. The predicted molar refractivity (Wildman–Crippen MR) is 89.4 cm³/mol. The predicted octanol–water partition coefficient (Wildman–Crippen LogP) is 4.90. The van der Waals surface area contributed by atoms with Crippen LogP contribution in [0.4, 0.5) is 0 Å². The van der Waals surface area contributed by atoms with Crippen molar-refractivity contribution in [3.05, 3.63) is 28.4 Å². The molecule has 2 heterocycles. The fourth-order valence-corrected chi connectivity index (χ4v) is 4.62. The average molecular weight is 319 g/mol. The Balaban J connectivity index is 1.82. The van der Waals surface area contributed by atoms with Gasteiger partial charge in [-0.15, -0.1) is 0 Å². The Morgan fingerprint density at radius 1 is 1.09 bits per heavy atom. The van der Waals surface area contributed by atoms with Crippen molar-refractivity contribution in [3.63, 3.8) is 0 Å². The number of nitrogens with zero attached hydrogens (tertiary/aromatic N) is 3. The first-order valence-corrected chi connectivity index (χ1v) is 9.16. The maximum absolute atomic E-state index is 5.27. The van der Waals surface area contributed by atoms with Crippen LogP contribution in [0, 0.1) is 27.7 Å². The molecule has 0 saturated heterocycles. The van der Waals surface area contributed by atoms with Crippen LogP contribution >= 0.6 is 11.8 Å². The smallest absolute Gasteiger partial charge is 0.169 e. The van der Waals surface area contributed by atoms with Crippen molar-refractivity contribution < 1.29 is 4.52 Å². The molecule has 22 heavy (non-hydrogen) atoms. The first-order valence-electron chi connectivity index (χ1n) is 8.18. The summed E-state index contributed by atoms with van der Waals surface area (Å²) in [7, 11) is 0. The zero-order valence-electron chi connectivity index (χ0n) is 14.0. The summed E-state index contributed by atoms with van der Waals surface area (Å²) in [4.78, 5) is 4.82. The molecule has 0 aliphatic heterocycles. The van der Waals surface area contributed by atoms with Gasteiger partial charge in [-0.05, 0) is 40.5 Å². The molecule has 1 saturated carbocycles. The van der Waals surface area contributed by atoms with Crippen LogP contribution in [0.25, 0.3) is 0 Å². The average Bonchev–Trinajstić information content (AvgIpc) is 2.98. The highest BCUT2D eigenvalue weighted by Crippen LogP contribution is 2.35. The van der Waals surface area contributed by atoms with Gasteiger partial charge in [-0.3, -0.25) is 0 Å². The SMILES string of the molecule is Cc1noc(C)c1CSc1nc(C)c(C)n1C1CCCCC1. The summed E-state index contributed by atoms with van der Waals surface area (Å²) in [6, 6.07) is 0.627. The fourth-order valence-electron chi connectivity index (χ4n) is 3.31. The molecule has 0 aromatic carbocycles. The highest BCUT2D eigenvalue weighted by atomic mass is 32.2. The Kier molecular flexibility index (Phi) is 4.62. The molecule has 0 spiro atoms. The maximum atomic E-state index is 5.27. The Labute approximate surface area is 136 Å². The number of aryl methyl sites for hydroxylation is 3.